The molecule has 1 atom stereocenters. The third kappa shape index (κ3) is 5.55. The molecule has 0 saturated carbocycles. The van der Waals surface area contributed by atoms with Gasteiger partial charge in [-0.3, -0.25) is 0 Å². The van der Waals surface area contributed by atoms with Crippen LogP contribution >= 0.6 is 11.8 Å². The minimum absolute atomic E-state index is 0.438. The highest BCUT2D eigenvalue weighted by Crippen LogP contribution is 2.59. The number of thioether (sulfide) groups is 1. The normalized spacial score (nSPS) is 16.1. The molecule has 0 N–H and O–H groups in total. The van der Waals surface area contributed by atoms with E-state index in [-0.39, 0.29) is 0 Å². The lowest BCUT2D eigenvalue weighted by Crippen LogP contribution is -2.37. The first-order valence-electron chi connectivity index (χ1n) is 19.8. The highest BCUT2D eigenvalue weighted by atomic mass is 32.2. The van der Waals surface area contributed by atoms with Crippen LogP contribution in [0.15, 0.2) is 228 Å². The van der Waals surface area contributed by atoms with Crippen molar-refractivity contribution in [2.24, 2.45) is 0 Å². The highest BCUT2D eigenvalue weighted by Gasteiger charge is 2.47. The smallest absolute Gasteiger partial charge is 0.0742 e. The minimum Gasteiger partial charge on any atom is -0.310 e. The lowest BCUT2D eigenvalue weighted by molar-refractivity contribution is 0.732. The highest BCUT2D eigenvalue weighted by molar-refractivity contribution is 8.03. The van der Waals surface area contributed by atoms with Crippen molar-refractivity contribution < 1.29 is 0 Å². The fourth-order valence-corrected chi connectivity index (χ4v) is 10.7. The van der Waals surface area contributed by atoms with Gasteiger partial charge >= 0.3 is 0 Å². The van der Waals surface area contributed by atoms with Crippen molar-refractivity contribution in [3.8, 4) is 22.3 Å². The summed E-state index contributed by atoms with van der Waals surface area (Å²) in [6.07, 6.45) is 5.71. The number of hydrogen-bond acceptors (Lipinski definition) is 2. The number of anilines is 3. The van der Waals surface area contributed by atoms with Crippen LogP contribution in [0.3, 0.4) is 0 Å². The van der Waals surface area contributed by atoms with Gasteiger partial charge in [0.15, 0.2) is 0 Å². The average Bonchev–Trinajstić information content (AvgIpc) is 3.67. The summed E-state index contributed by atoms with van der Waals surface area (Å²) in [6, 6.07) is 76.3. The maximum absolute atomic E-state index is 2.50. The summed E-state index contributed by atoms with van der Waals surface area (Å²) < 4.78 is 0. The maximum Gasteiger partial charge on any atom is 0.0742 e. The van der Waals surface area contributed by atoms with Crippen molar-refractivity contribution in [3.05, 3.63) is 257 Å². The Hall–Kier alpha value is -6.61. The van der Waals surface area contributed by atoms with E-state index in [1.54, 1.807) is 0 Å². The monoisotopic (exact) mass is 745 g/mol. The maximum atomic E-state index is 2.50. The summed E-state index contributed by atoms with van der Waals surface area (Å²) in [6.45, 7) is 0. The molecule has 0 radical (unpaired) electrons. The molecule has 1 aliphatic carbocycles. The zero-order valence-corrected chi connectivity index (χ0v) is 32.2. The Morgan fingerprint density at radius 2 is 0.930 bits per heavy atom. The zero-order chi connectivity index (χ0) is 37.8. The number of allylic oxidation sites excluding steroid dienone is 4. The number of nitrogens with zero attached hydrogens (tertiary/aromatic N) is 1. The fourth-order valence-electron chi connectivity index (χ4n) is 9.48. The Bertz CT molecular complexity index is 2690. The largest absolute Gasteiger partial charge is 0.310 e. The zero-order valence-electron chi connectivity index (χ0n) is 31.4. The molecular formula is C55H39NS. The molecule has 3 aliphatic rings. The van der Waals surface area contributed by atoms with Gasteiger partial charge in [-0.2, -0.15) is 0 Å². The van der Waals surface area contributed by atoms with Crippen molar-refractivity contribution in [1.82, 2.24) is 0 Å². The number of hydrogen-bond donors (Lipinski definition) is 0. The summed E-state index contributed by atoms with van der Waals surface area (Å²) in [5.41, 5.74) is 16.8. The Kier molecular flexibility index (Phi) is 8.19. The van der Waals surface area contributed by atoms with Crippen LogP contribution in [0.5, 0.6) is 0 Å². The average molecular weight is 746 g/mol. The molecule has 0 amide bonds. The van der Waals surface area contributed by atoms with Crippen LogP contribution in [-0.4, -0.2) is 0 Å². The van der Waals surface area contributed by atoms with Gasteiger partial charge in [-0.05, 0) is 115 Å². The summed E-state index contributed by atoms with van der Waals surface area (Å²) >= 11 is 1.93. The van der Waals surface area contributed by atoms with Crippen LogP contribution in [0.4, 0.5) is 17.1 Å². The molecule has 2 heteroatoms. The van der Waals surface area contributed by atoms with Crippen LogP contribution < -0.4 is 4.90 Å². The van der Waals surface area contributed by atoms with E-state index in [1.165, 1.54) is 82.4 Å². The molecule has 57 heavy (non-hydrogen) atoms. The number of fused-ring (bicyclic) bond motifs is 5. The van der Waals surface area contributed by atoms with Crippen LogP contribution in [0, 0.1) is 0 Å². The Balaban J connectivity index is 1.13. The standard InChI is InChI=1S/C55H39NS/c1-5-15-38(16-6-1)42-27-32-51-49(36-42)55(44-19-9-3-10-20-44,45-21-11-4-12-22-45)50-37-43(39-17-7-2-8-18-39)28-33-52(50)56(51)46-30-25-40(26-31-46)41-29-34-54-48(35-41)47-23-13-14-24-53(47)57-54/h1-34,36-37,48H,35H2. The van der Waals surface area contributed by atoms with Crippen LogP contribution in [0.25, 0.3) is 27.8 Å². The topological polar surface area (TPSA) is 3.24 Å². The lowest BCUT2D eigenvalue weighted by atomic mass is 9.62. The van der Waals surface area contributed by atoms with Gasteiger partial charge in [0.1, 0.15) is 0 Å². The molecule has 8 aromatic carbocycles. The second kappa shape index (κ2) is 13.8. The van der Waals surface area contributed by atoms with Crippen LogP contribution in [-0.2, 0) is 5.41 Å². The van der Waals surface area contributed by atoms with Crippen LogP contribution in [0.2, 0.25) is 0 Å². The van der Waals surface area contributed by atoms with Crippen molar-refractivity contribution in [2.75, 3.05) is 4.90 Å². The van der Waals surface area contributed by atoms with Crippen molar-refractivity contribution in [1.29, 1.82) is 0 Å². The molecule has 11 rings (SSSR count). The molecule has 8 aromatic rings. The Labute approximate surface area is 339 Å². The Morgan fingerprint density at radius 1 is 0.439 bits per heavy atom. The van der Waals surface area contributed by atoms with E-state index < -0.39 is 5.41 Å². The molecule has 0 spiro atoms. The molecule has 0 fully saturated rings. The van der Waals surface area contributed by atoms with E-state index >= 15 is 0 Å². The summed E-state index contributed by atoms with van der Waals surface area (Å²) in [4.78, 5) is 5.36. The van der Waals surface area contributed by atoms with E-state index in [2.05, 4.69) is 223 Å². The van der Waals surface area contributed by atoms with Gasteiger partial charge in [0.05, 0.1) is 16.8 Å². The molecule has 0 saturated heterocycles. The fraction of sp³-hybridized carbons (Fsp3) is 0.0545. The van der Waals surface area contributed by atoms with E-state index in [1.807, 2.05) is 11.8 Å². The quantitative estimate of drug-likeness (QED) is 0.167. The molecule has 2 heterocycles. The summed E-state index contributed by atoms with van der Waals surface area (Å²) in [5, 5.41) is 0. The van der Waals surface area contributed by atoms with Crippen molar-refractivity contribution in [3.63, 3.8) is 0 Å². The predicted octanol–water partition coefficient (Wildman–Crippen LogP) is 14.7. The SMILES string of the molecule is C1=C(c2ccc(N3c4ccc(-c5ccccc5)cc4C(c4ccccc4)(c4ccccc4)c4cc(-c5ccccc5)ccc43)cc2)CC2C(=C1)Sc1ccccc12. The van der Waals surface area contributed by atoms with Gasteiger partial charge in [0.2, 0.25) is 0 Å². The first-order chi connectivity index (χ1) is 28.3. The second-order valence-electron chi connectivity index (χ2n) is 15.2. The van der Waals surface area contributed by atoms with E-state index in [4.69, 9.17) is 0 Å². The van der Waals surface area contributed by atoms with Gasteiger partial charge in [-0.25, -0.2) is 0 Å². The number of benzene rings is 8. The molecular weight excluding hydrogens is 707 g/mol. The molecule has 2 aliphatic heterocycles. The first-order valence-corrected chi connectivity index (χ1v) is 20.7. The third-order valence-corrected chi connectivity index (χ3v) is 13.4. The van der Waals surface area contributed by atoms with Gasteiger partial charge in [0.25, 0.3) is 0 Å². The van der Waals surface area contributed by atoms with Gasteiger partial charge < -0.3 is 4.90 Å². The van der Waals surface area contributed by atoms with Crippen LogP contribution in [0.1, 0.15) is 45.7 Å². The minimum atomic E-state index is -0.605. The second-order valence-corrected chi connectivity index (χ2v) is 16.3. The van der Waals surface area contributed by atoms with Gasteiger partial charge in [-0.15, -0.1) is 0 Å². The Morgan fingerprint density at radius 3 is 1.49 bits per heavy atom. The summed E-state index contributed by atoms with van der Waals surface area (Å²) in [7, 11) is 0. The van der Waals surface area contributed by atoms with E-state index in [9.17, 15) is 0 Å². The third-order valence-electron chi connectivity index (χ3n) is 12.1. The molecule has 0 bridgehead atoms. The van der Waals surface area contributed by atoms with Gasteiger partial charge in [0, 0.05) is 16.5 Å². The van der Waals surface area contributed by atoms with Crippen molar-refractivity contribution in [2.45, 2.75) is 22.6 Å². The predicted molar refractivity (Wildman–Crippen MR) is 240 cm³/mol. The first kappa shape index (κ1) is 33.7. The molecule has 1 nitrogen and oxygen atoms in total. The van der Waals surface area contributed by atoms with Gasteiger partial charge in [-0.1, -0.05) is 188 Å². The van der Waals surface area contributed by atoms with Crippen molar-refractivity contribution >= 4 is 34.4 Å². The summed E-state index contributed by atoms with van der Waals surface area (Å²) in [5.74, 6) is 0.438. The number of rotatable bonds is 6. The lowest BCUT2D eigenvalue weighted by Gasteiger charge is -2.47. The molecule has 270 valence electrons. The molecule has 0 aromatic heterocycles. The van der Waals surface area contributed by atoms with E-state index in [0.29, 0.717) is 5.92 Å². The van der Waals surface area contributed by atoms with E-state index in [0.717, 1.165) is 12.1 Å². The molecule has 1 unspecified atom stereocenters.